The number of hydrogen-bond acceptors (Lipinski definition) is 6. The van der Waals surface area contributed by atoms with Gasteiger partial charge in [-0.2, -0.15) is 0 Å². The Morgan fingerprint density at radius 3 is 2.79 bits per heavy atom. The van der Waals surface area contributed by atoms with Crippen molar-refractivity contribution in [2.75, 3.05) is 32.1 Å². The molecule has 5 rings (SSSR count). The molecule has 1 aliphatic rings. The molecule has 1 fully saturated rings. The van der Waals surface area contributed by atoms with Crippen LogP contribution in [0.2, 0.25) is 0 Å². The molecule has 4 aromatic rings. The van der Waals surface area contributed by atoms with Crippen molar-refractivity contribution in [3.05, 3.63) is 58.0 Å². The van der Waals surface area contributed by atoms with Crippen molar-refractivity contribution in [3.8, 4) is 11.3 Å². The lowest BCUT2D eigenvalue weighted by molar-refractivity contribution is 0.315. The van der Waals surface area contributed by atoms with E-state index in [1.165, 1.54) is 0 Å². The van der Waals surface area contributed by atoms with Gasteiger partial charge in [0.2, 0.25) is 0 Å². The lowest BCUT2D eigenvalue weighted by Crippen LogP contribution is -2.31. The number of anilines is 1. The number of aromatic nitrogens is 3. The lowest BCUT2D eigenvalue weighted by atomic mass is 10.1. The minimum Gasteiger partial charge on any atom is -0.369 e. The summed E-state index contributed by atoms with van der Waals surface area (Å²) in [6, 6.07) is 12.2. The molecule has 1 aliphatic heterocycles. The SMILES string of the molecule is Cc1nc2ccc(-c3cc(=O)n4cc(N5CC[C@@H](N(C)C)C5)ccc4n3)cc2s1. The number of nitrogens with zero attached hydrogens (tertiary/aromatic N) is 5. The van der Waals surface area contributed by atoms with Crippen LogP contribution in [0, 0.1) is 6.92 Å². The number of pyridine rings is 1. The van der Waals surface area contributed by atoms with Gasteiger partial charge in [0.15, 0.2) is 0 Å². The Kier molecular flexibility index (Phi) is 4.37. The topological polar surface area (TPSA) is 53.7 Å². The molecule has 148 valence electrons. The predicted octanol–water partition coefficient (Wildman–Crippen LogP) is 3.42. The van der Waals surface area contributed by atoms with Gasteiger partial charge in [-0.25, -0.2) is 9.97 Å². The van der Waals surface area contributed by atoms with Crippen molar-refractivity contribution in [3.63, 3.8) is 0 Å². The van der Waals surface area contributed by atoms with Crippen LogP contribution in [0.3, 0.4) is 0 Å². The number of aryl methyl sites for hydroxylation is 1. The summed E-state index contributed by atoms with van der Waals surface area (Å²) in [4.78, 5) is 26.7. The van der Waals surface area contributed by atoms with E-state index in [1.807, 2.05) is 31.3 Å². The van der Waals surface area contributed by atoms with Gasteiger partial charge in [-0.1, -0.05) is 6.07 Å². The molecule has 0 spiro atoms. The summed E-state index contributed by atoms with van der Waals surface area (Å²) in [5.41, 5.74) is 4.30. The quantitative estimate of drug-likeness (QED) is 0.523. The summed E-state index contributed by atoms with van der Waals surface area (Å²) in [7, 11) is 4.24. The Morgan fingerprint density at radius 2 is 2.00 bits per heavy atom. The molecule has 7 heteroatoms. The summed E-state index contributed by atoms with van der Waals surface area (Å²) in [6.45, 7) is 3.99. The molecule has 29 heavy (non-hydrogen) atoms. The number of benzene rings is 1. The Morgan fingerprint density at radius 1 is 1.14 bits per heavy atom. The van der Waals surface area contributed by atoms with Crippen LogP contribution < -0.4 is 10.5 Å². The van der Waals surface area contributed by atoms with Crippen molar-refractivity contribution in [2.45, 2.75) is 19.4 Å². The first-order valence-corrected chi connectivity index (χ1v) is 10.6. The molecule has 0 aliphatic carbocycles. The summed E-state index contributed by atoms with van der Waals surface area (Å²) in [6.07, 6.45) is 3.05. The van der Waals surface area contributed by atoms with E-state index in [0.29, 0.717) is 17.4 Å². The third-order valence-corrected chi connectivity index (χ3v) is 6.63. The van der Waals surface area contributed by atoms with Crippen molar-refractivity contribution >= 4 is 32.9 Å². The molecular weight excluding hydrogens is 382 g/mol. The predicted molar refractivity (Wildman–Crippen MR) is 119 cm³/mol. The molecule has 0 amide bonds. The fraction of sp³-hybridized carbons (Fsp3) is 0.318. The van der Waals surface area contributed by atoms with Gasteiger partial charge < -0.3 is 9.80 Å². The number of likely N-dealkylation sites (N-methyl/N-ethyl adjacent to an activating group) is 1. The van der Waals surface area contributed by atoms with Gasteiger partial charge in [0.1, 0.15) is 5.65 Å². The molecule has 1 atom stereocenters. The summed E-state index contributed by atoms with van der Waals surface area (Å²) in [5.74, 6) is 0. The first-order chi connectivity index (χ1) is 14.0. The molecule has 0 bridgehead atoms. The Hall–Kier alpha value is -2.77. The monoisotopic (exact) mass is 405 g/mol. The van der Waals surface area contributed by atoms with Gasteiger partial charge >= 0.3 is 0 Å². The van der Waals surface area contributed by atoms with Crippen LogP contribution in [0.4, 0.5) is 5.69 Å². The molecule has 0 N–H and O–H groups in total. The van der Waals surface area contributed by atoms with Gasteiger partial charge in [0.05, 0.1) is 26.6 Å². The zero-order chi connectivity index (χ0) is 20.1. The van der Waals surface area contributed by atoms with Crippen LogP contribution in [0.15, 0.2) is 47.4 Å². The standard InChI is InChI=1S/C22H23N5OS/c1-14-23-18-6-4-15(10-20(18)29-14)19-11-22(28)27-13-17(5-7-21(27)24-19)26-9-8-16(12-26)25(2)3/h4-7,10-11,13,16H,8-9,12H2,1-3H3/t16-/m1/s1. The minimum absolute atomic E-state index is 0.0595. The molecule has 0 saturated carbocycles. The van der Waals surface area contributed by atoms with E-state index in [-0.39, 0.29) is 5.56 Å². The van der Waals surface area contributed by atoms with E-state index in [2.05, 4.69) is 41.0 Å². The average molecular weight is 406 g/mol. The van der Waals surface area contributed by atoms with Gasteiger partial charge in [0.25, 0.3) is 5.56 Å². The fourth-order valence-corrected chi connectivity index (χ4v) is 4.89. The van der Waals surface area contributed by atoms with Crippen molar-refractivity contribution in [1.29, 1.82) is 0 Å². The molecule has 6 nitrogen and oxygen atoms in total. The van der Waals surface area contributed by atoms with E-state index in [0.717, 1.165) is 46.0 Å². The second-order valence-electron chi connectivity index (χ2n) is 7.86. The molecule has 3 aromatic heterocycles. The summed E-state index contributed by atoms with van der Waals surface area (Å²) in [5, 5.41) is 1.04. The maximum atomic E-state index is 12.9. The number of hydrogen-bond donors (Lipinski definition) is 0. The highest BCUT2D eigenvalue weighted by atomic mass is 32.1. The lowest BCUT2D eigenvalue weighted by Gasteiger charge is -2.22. The first-order valence-electron chi connectivity index (χ1n) is 9.80. The van der Waals surface area contributed by atoms with E-state index >= 15 is 0 Å². The summed E-state index contributed by atoms with van der Waals surface area (Å²) < 4.78 is 2.76. The zero-order valence-corrected chi connectivity index (χ0v) is 17.6. The third kappa shape index (κ3) is 3.30. The number of rotatable bonds is 3. The van der Waals surface area contributed by atoms with Gasteiger partial charge in [-0.05, 0) is 51.7 Å². The van der Waals surface area contributed by atoms with Crippen molar-refractivity contribution in [2.24, 2.45) is 0 Å². The smallest absolute Gasteiger partial charge is 0.258 e. The van der Waals surface area contributed by atoms with Crippen LogP contribution in [0.25, 0.3) is 27.1 Å². The minimum atomic E-state index is -0.0595. The Labute approximate surface area is 173 Å². The van der Waals surface area contributed by atoms with Gasteiger partial charge in [0, 0.05) is 37.0 Å². The average Bonchev–Trinajstić information content (AvgIpc) is 3.33. The number of thiazole rings is 1. The van der Waals surface area contributed by atoms with E-state index in [9.17, 15) is 4.79 Å². The second-order valence-corrected chi connectivity index (χ2v) is 9.10. The normalized spacial score (nSPS) is 17.1. The molecule has 0 unspecified atom stereocenters. The summed E-state index contributed by atoms with van der Waals surface area (Å²) >= 11 is 1.66. The fourth-order valence-electron chi connectivity index (χ4n) is 4.02. The largest absolute Gasteiger partial charge is 0.369 e. The van der Waals surface area contributed by atoms with Gasteiger partial charge in [-0.15, -0.1) is 11.3 Å². The molecule has 1 saturated heterocycles. The highest BCUT2D eigenvalue weighted by molar-refractivity contribution is 7.18. The Balaban J connectivity index is 1.52. The van der Waals surface area contributed by atoms with Crippen LogP contribution in [-0.4, -0.2) is 52.5 Å². The van der Waals surface area contributed by atoms with Crippen LogP contribution in [-0.2, 0) is 0 Å². The number of fused-ring (bicyclic) bond motifs is 2. The second kappa shape index (κ2) is 6.93. The first kappa shape index (κ1) is 18.3. The van der Waals surface area contributed by atoms with Crippen LogP contribution in [0.5, 0.6) is 0 Å². The third-order valence-electron chi connectivity index (χ3n) is 5.69. The van der Waals surface area contributed by atoms with E-state index < -0.39 is 0 Å². The van der Waals surface area contributed by atoms with Crippen molar-refractivity contribution in [1.82, 2.24) is 19.3 Å². The van der Waals surface area contributed by atoms with Crippen molar-refractivity contribution < 1.29 is 0 Å². The van der Waals surface area contributed by atoms with E-state index in [1.54, 1.807) is 21.8 Å². The zero-order valence-electron chi connectivity index (χ0n) is 16.8. The maximum absolute atomic E-state index is 12.9. The van der Waals surface area contributed by atoms with Crippen LogP contribution >= 0.6 is 11.3 Å². The molecule has 0 radical (unpaired) electrons. The van der Waals surface area contributed by atoms with E-state index in [4.69, 9.17) is 4.98 Å². The van der Waals surface area contributed by atoms with Gasteiger partial charge in [-0.3, -0.25) is 9.20 Å². The van der Waals surface area contributed by atoms with Crippen LogP contribution in [0.1, 0.15) is 11.4 Å². The molecular formula is C22H23N5OS. The molecule has 4 heterocycles. The highest BCUT2D eigenvalue weighted by Crippen LogP contribution is 2.27. The highest BCUT2D eigenvalue weighted by Gasteiger charge is 2.24. The molecule has 1 aromatic carbocycles. The maximum Gasteiger partial charge on any atom is 0.258 e. The Bertz CT molecular complexity index is 1280.